The fourth-order valence-corrected chi connectivity index (χ4v) is 3.04. The molecule has 0 spiro atoms. The molecule has 0 radical (unpaired) electrons. The first-order chi connectivity index (χ1) is 14.4. The summed E-state index contributed by atoms with van der Waals surface area (Å²) in [6, 6.07) is 9.17. The molecule has 0 aliphatic carbocycles. The number of hydrogen-bond acceptors (Lipinski definition) is 5. The molecule has 0 fully saturated rings. The Morgan fingerprint density at radius 2 is 1.94 bits per heavy atom. The van der Waals surface area contributed by atoms with E-state index in [1.165, 1.54) is 19.2 Å². The van der Waals surface area contributed by atoms with Gasteiger partial charge >= 0.3 is 0 Å². The van der Waals surface area contributed by atoms with Gasteiger partial charge in [0.25, 0.3) is 5.91 Å². The van der Waals surface area contributed by atoms with E-state index in [0.717, 1.165) is 5.82 Å². The number of nitrogens with zero attached hydrogens (tertiary/aromatic N) is 3. The summed E-state index contributed by atoms with van der Waals surface area (Å²) in [5.74, 6) is 1.17. The lowest BCUT2D eigenvalue weighted by molar-refractivity contribution is 0.0747. The van der Waals surface area contributed by atoms with Gasteiger partial charge in [-0.1, -0.05) is 0 Å². The molecule has 0 bridgehead atoms. The van der Waals surface area contributed by atoms with Gasteiger partial charge in [-0.3, -0.25) is 4.79 Å². The Balaban J connectivity index is 0.00000256. The largest absolute Gasteiger partial charge is 0.493 e. The molecule has 1 heterocycles. The van der Waals surface area contributed by atoms with Gasteiger partial charge in [-0.25, -0.2) is 9.37 Å². The van der Waals surface area contributed by atoms with Gasteiger partial charge in [0.05, 0.1) is 13.7 Å². The van der Waals surface area contributed by atoms with Crippen LogP contribution in [0.4, 0.5) is 4.39 Å². The number of nitrogens with two attached hydrogens (primary N) is 1. The first-order valence-electron chi connectivity index (χ1n) is 9.56. The van der Waals surface area contributed by atoms with Crippen LogP contribution in [-0.2, 0) is 20.1 Å². The third-order valence-electron chi connectivity index (χ3n) is 4.73. The number of imidazole rings is 1. The maximum atomic E-state index is 13.8. The van der Waals surface area contributed by atoms with E-state index >= 15 is 0 Å². The smallest absolute Gasteiger partial charge is 0.254 e. The van der Waals surface area contributed by atoms with E-state index in [-0.39, 0.29) is 43.0 Å². The van der Waals surface area contributed by atoms with Gasteiger partial charge in [0.1, 0.15) is 17.4 Å². The van der Waals surface area contributed by atoms with Crippen LogP contribution in [0.1, 0.15) is 28.7 Å². The summed E-state index contributed by atoms with van der Waals surface area (Å²) in [5, 5.41) is 0. The van der Waals surface area contributed by atoms with Crippen molar-refractivity contribution < 1.29 is 18.7 Å². The van der Waals surface area contributed by atoms with Crippen LogP contribution >= 0.6 is 24.8 Å². The van der Waals surface area contributed by atoms with Gasteiger partial charge in [-0.15, -0.1) is 24.8 Å². The number of aromatic nitrogens is 2. The molecule has 1 amide bonds. The van der Waals surface area contributed by atoms with Gasteiger partial charge in [0.2, 0.25) is 0 Å². The average Bonchev–Trinajstić information content (AvgIpc) is 3.15. The van der Waals surface area contributed by atoms with E-state index < -0.39 is 5.82 Å². The molecule has 0 saturated heterocycles. The van der Waals surface area contributed by atoms with Crippen molar-refractivity contribution in [2.24, 2.45) is 12.8 Å². The van der Waals surface area contributed by atoms with Crippen LogP contribution in [0.3, 0.4) is 0 Å². The maximum Gasteiger partial charge on any atom is 0.254 e. The minimum absolute atomic E-state index is 0. The highest BCUT2D eigenvalue weighted by Crippen LogP contribution is 2.33. The van der Waals surface area contributed by atoms with Gasteiger partial charge in [0.15, 0.2) is 11.5 Å². The Kier molecular flexibility index (Phi) is 10.5. The normalized spacial score (nSPS) is 10.0. The van der Waals surface area contributed by atoms with Crippen molar-refractivity contribution in [1.29, 1.82) is 0 Å². The quantitative estimate of drug-likeness (QED) is 0.514. The summed E-state index contributed by atoms with van der Waals surface area (Å²) in [5.41, 5.74) is 6.64. The van der Waals surface area contributed by atoms with Crippen LogP contribution in [0.25, 0.3) is 0 Å². The number of halogens is 3. The number of benzene rings is 2. The second-order valence-corrected chi connectivity index (χ2v) is 6.74. The summed E-state index contributed by atoms with van der Waals surface area (Å²) >= 11 is 0. The standard InChI is InChI=1S/C22H25FN4O3.2ClH/c1-4-27(14-21-25-7-8-26(21)2)22(28)16-5-6-19(29-3)20(11-16)30-18-10-15(13-24)9-17(23)12-18;;/h5-12H,4,13-14,24H2,1-3H3;2*1H. The van der Waals surface area contributed by atoms with Crippen molar-refractivity contribution in [3.63, 3.8) is 0 Å². The maximum absolute atomic E-state index is 13.8. The Morgan fingerprint density at radius 1 is 1.19 bits per heavy atom. The van der Waals surface area contributed by atoms with Crippen molar-refractivity contribution in [2.75, 3.05) is 13.7 Å². The molecule has 1 aromatic heterocycles. The molecular formula is C22H27Cl2FN4O3. The van der Waals surface area contributed by atoms with E-state index in [9.17, 15) is 9.18 Å². The van der Waals surface area contributed by atoms with Crippen LogP contribution in [0.15, 0.2) is 48.8 Å². The average molecular weight is 485 g/mol. The summed E-state index contributed by atoms with van der Waals surface area (Å²) < 4.78 is 26.9. The third kappa shape index (κ3) is 6.35. The highest BCUT2D eigenvalue weighted by Gasteiger charge is 2.19. The first-order valence-corrected chi connectivity index (χ1v) is 9.56. The molecule has 32 heavy (non-hydrogen) atoms. The SMILES string of the molecule is CCN(Cc1nccn1C)C(=O)c1ccc(OC)c(Oc2cc(F)cc(CN)c2)c1.Cl.Cl. The van der Waals surface area contributed by atoms with Gasteiger partial charge < -0.3 is 24.7 Å². The molecule has 0 aliphatic rings. The monoisotopic (exact) mass is 484 g/mol. The summed E-state index contributed by atoms with van der Waals surface area (Å²) in [6.07, 6.45) is 3.53. The fourth-order valence-electron chi connectivity index (χ4n) is 3.04. The van der Waals surface area contributed by atoms with E-state index in [1.54, 1.807) is 35.4 Å². The van der Waals surface area contributed by atoms with Crippen LogP contribution in [-0.4, -0.2) is 34.0 Å². The van der Waals surface area contributed by atoms with E-state index in [2.05, 4.69) is 4.98 Å². The summed E-state index contributed by atoms with van der Waals surface area (Å²) in [6.45, 7) is 2.98. The van der Waals surface area contributed by atoms with E-state index in [0.29, 0.717) is 35.7 Å². The lowest BCUT2D eigenvalue weighted by Crippen LogP contribution is -2.31. The third-order valence-corrected chi connectivity index (χ3v) is 4.73. The fraction of sp³-hybridized carbons (Fsp3) is 0.273. The molecule has 2 aromatic carbocycles. The molecule has 0 aliphatic heterocycles. The summed E-state index contributed by atoms with van der Waals surface area (Å²) in [7, 11) is 3.38. The van der Waals surface area contributed by atoms with Crippen LogP contribution in [0.2, 0.25) is 0 Å². The topological polar surface area (TPSA) is 82.6 Å². The second kappa shape index (κ2) is 12.3. The molecule has 174 valence electrons. The van der Waals surface area contributed by atoms with Crippen LogP contribution in [0.5, 0.6) is 17.2 Å². The summed E-state index contributed by atoms with van der Waals surface area (Å²) in [4.78, 5) is 19.1. The molecule has 2 N–H and O–H groups in total. The lowest BCUT2D eigenvalue weighted by atomic mass is 10.1. The molecule has 3 aromatic rings. The van der Waals surface area contributed by atoms with Crippen LogP contribution in [0, 0.1) is 5.82 Å². The first kappa shape index (κ1) is 27.2. The molecule has 0 atom stereocenters. The highest BCUT2D eigenvalue weighted by atomic mass is 35.5. The van der Waals surface area contributed by atoms with Crippen molar-refractivity contribution in [3.8, 4) is 17.2 Å². The Bertz CT molecular complexity index is 1050. The number of hydrogen-bond donors (Lipinski definition) is 1. The number of rotatable bonds is 8. The number of amides is 1. The number of carbonyl (C=O) groups is 1. The molecule has 7 nitrogen and oxygen atoms in total. The zero-order valence-corrected chi connectivity index (χ0v) is 19.7. The zero-order valence-electron chi connectivity index (χ0n) is 18.1. The van der Waals surface area contributed by atoms with Gasteiger partial charge in [-0.05, 0) is 42.8 Å². The predicted molar refractivity (Wildman–Crippen MR) is 125 cm³/mol. The van der Waals surface area contributed by atoms with Crippen molar-refractivity contribution >= 4 is 30.7 Å². The van der Waals surface area contributed by atoms with Crippen molar-refractivity contribution in [2.45, 2.75) is 20.0 Å². The van der Waals surface area contributed by atoms with Crippen molar-refractivity contribution in [1.82, 2.24) is 14.5 Å². The second-order valence-electron chi connectivity index (χ2n) is 6.74. The zero-order chi connectivity index (χ0) is 21.7. The number of ether oxygens (including phenoxy) is 2. The van der Waals surface area contributed by atoms with E-state index in [1.807, 2.05) is 24.7 Å². The molecule has 10 heteroatoms. The van der Waals surface area contributed by atoms with E-state index in [4.69, 9.17) is 15.2 Å². The van der Waals surface area contributed by atoms with Gasteiger partial charge in [0, 0.05) is 44.2 Å². The molecule has 0 unspecified atom stereocenters. The Morgan fingerprint density at radius 3 is 2.53 bits per heavy atom. The number of carbonyl (C=O) groups excluding carboxylic acids is 1. The molecule has 0 saturated carbocycles. The Labute approximate surface area is 199 Å². The highest BCUT2D eigenvalue weighted by molar-refractivity contribution is 5.95. The van der Waals surface area contributed by atoms with Gasteiger partial charge in [-0.2, -0.15) is 0 Å². The predicted octanol–water partition coefficient (Wildman–Crippen LogP) is 4.32. The minimum Gasteiger partial charge on any atom is -0.493 e. The molecule has 3 rings (SSSR count). The lowest BCUT2D eigenvalue weighted by Gasteiger charge is -2.21. The number of methoxy groups -OCH3 is 1. The Hall–Kier alpha value is -2.81. The molecular weight excluding hydrogens is 458 g/mol. The van der Waals surface area contributed by atoms with Crippen molar-refractivity contribution in [3.05, 3.63) is 71.6 Å². The van der Waals surface area contributed by atoms with Crippen LogP contribution < -0.4 is 15.2 Å². The minimum atomic E-state index is -0.452. The number of aryl methyl sites for hydroxylation is 1.